The number of rotatable bonds is 4. The van der Waals surface area contributed by atoms with Crippen LogP contribution in [0.2, 0.25) is 0 Å². The Bertz CT molecular complexity index is 865. The Hall–Kier alpha value is -3.09. The van der Waals surface area contributed by atoms with Crippen molar-refractivity contribution in [3.05, 3.63) is 95.8 Å². The van der Waals surface area contributed by atoms with Crippen molar-refractivity contribution in [3.8, 4) is 17.6 Å². The van der Waals surface area contributed by atoms with Gasteiger partial charge in [0.2, 0.25) is 0 Å². The molecule has 0 spiro atoms. The summed E-state index contributed by atoms with van der Waals surface area (Å²) in [6, 6.07) is 22.7. The fourth-order valence-electron chi connectivity index (χ4n) is 2.58. The van der Waals surface area contributed by atoms with Crippen LogP contribution in [0.3, 0.4) is 0 Å². The predicted octanol–water partition coefficient (Wildman–Crippen LogP) is 3.57. The van der Waals surface area contributed by atoms with Gasteiger partial charge in [0, 0.05) is 12.6 Å². The molecule has 0 fully saturated rings. The van der Waals surface area contributed by atoms with Gasteiger partial charge in [-0.05, 0) is 41.3 Å². The summed E-state index contributed by atoms with van der Waals surface area (Å²) in [5.74, 6) is 6.79. The minimum absolute atomic E-state index is 0.376. The third kappa shape index (κ3) is 4.26. The maximum absolute atomic E-state index is 11.3. The van der Waals surface area contributed by atoms with E-state index in [-0.39, 0.29) is 0 Å². The molecule has 3 heteroatoms. The summed E-state index contributed by atoms with van der Waals surface area (Å²) in [6.45, 7) is 0. The van der Waals surface area contributed by atoms with E-state index >= 15 is 0 Å². The van der Waals surface area contributed by atoms with E-state index < -0.39 is 5.60 Å². The minimum Gasteiger partial charge on any atom is -0.497 e. The zero-order chi connectivity index (χ0) is 17.5. The summed E-state index contributed by atoms with van der Waals surface area (Å²) < 4.78 is 5.19. The zero-order valence-corrected chi connectivity index (χ0v) is 14.0. The molecule has 25 heavy (non-hydrogen) atoms. The normalized spacial score (nSPS) is 12.6. The lowest BCUT2D eigenvalue weighted by Gasteiger charge is -2.23. The number of methoxy groups -OCH3 is 1. The number of aliphatic hydroxyl groups is 1. The first kappa shape index (κ1) is 16.8. The van der Waals surface area contributed by atoms with Gasteiger partial charge in [-0.1, -0.05) is 54.5 Å². The van der Waals surface area contributed by atoms with Crippen molar-refractivity contribution in [3.63, 3.8) is 0 Å². The van der Waals surface area contributed by atoms with Crippen molar-refractivity contribution in [2.45, 2.75) is 12.0 Å². The molecule has 0 aliphatic carbocycles. The Morgan fingerprint density at radius 2 is 1.68 bits per heavy atom. The standard InChI is InChI=1S/C22H19NO2/c1-25-21-12-10-18(11-13-21)17-22(24,19-7-3-2-4-8-19)15-14-20-9-5-6-16-23-20/h2-13,16,24H,17H2,1H3/t22-/m0/s1. The van der Waals surface area contributed by atoms with E-state index in [4.69, 9.17) is 4.74 Å². The molecule has 3 aromatic rings. The molecule has 3 rings (SSSR count). The Morgan fingerprint density at radius 1 is 0.960 bits per heavy atom. The zero-order valence-electron chi connectivity index (χ0n) is 14.0. The molecule has 0 radical (unpaired) electrons. The molecular weight excluding hydrogens is 310 g/mol. The van der Waals surface area contributed by atoms with Gasteiger partial charge in [0.1, 0.15) is 11.4 Å². The summed E-state index contributed by atoms with van der Waals surface area (Å²) >= 11 is 0. The van der Waals surface area contributed by atoms with Crippen LogP contribution >= 0.6 is 0 Å². The topological polar surface area (TPSA) is 42.4 Å². The number of benzene rings is 2. The molecule has 0 saturated heterocycles. The van der Waals surface area contributed by atoms with Crippen molar-refractivity contribution in [2.24, 2.45) is 0 Å². The van der Waals surface area contributed by atoms with Crippen LogP contribution in [0, 0.1) is 11.8 Å². The SMILES string of the molecule is COc1ccc(C[C@@](O)(C#Cc2ccccn2)c2ccccc2)cc1. The van der Waals surface area contributed by atoms with Crippen molar-refractivity contribution >= 4 is 0 Å². The fourth-order valence-corrected chi connectivity index (χ4v) is 2.58. The molecule has 0 aliphatic heterocycles. The average Bonchev–Trinajstić information content (AvgIpc) is 2.68. The van der Waals surface area contributed by atoms with E-state index in [1.807, 2.05) is 72.8 Å². The Balaban J connectivity index is 1.96. The van der Waals surface area contributed by atoms with Crippen LogP contribution in [-0.4, -0.2) is 17.2 Å². The summed E-state index contributed by atoms with van der Waals surface area (Å²) in [4.78, 5) is 4.20. The summed E-state index contributed by atoms with van der Waals surface area (Å²) in [5, 5.41) is 11.3. The van der Waals surface area contributed by atoms with E-state index in [2.05, 4.69) is 16.8 Å². The Labute approximate surface area is 147 Å². The summed E-state index contributed by atoms with van der Waals surface area (Å²) in [6.07, 6.45) is 2.07. The van der Waals surface area contributed by atoms with Gasteiger partial charge >= 0.3 is 0 Å². The molecule has 3 nitrogen and oxygen atoms in total. The molecular formula is C22H19NO2. The highest BCUT2D eigenvalue weighted by Gasteiger charge is 2.27. The number of hydrogen-bond donors (Lipinski definition) is 1. The molecule has 1 atom stereocenters. The first-order valence-electron chi connectivity index (χ1n) is 8.05. The molecule has 0 unspecified atom stereocenters. The van der Waals surface area contributed by atoms with Crippen LogP contribution in [0.4, 0.5) is 0 Å². The number of hydrogen-bond acceptors (Lipinski definition) is 3. The van der Waals surface area contributed by atoms with Crippen LogP contribution < -0.4 is 4.74 Å². The number of nitrogens with zero attached hydrogens (tertiary/aromatic N) is 1. The monoisotopic (exact) mass is 329 g/mol. The van der Waals surface area contributed by atoms with Crippen LogP contribution in [0.25, 0.3) is 0 Å². The number of pyridine rings is 1. The summed E-state index contributed by atoms with van der Waals surface area (Å²) in [5.41, 5.74) is 1.07. The second kappa shape index (κ2) is 7.65. The second-order valence-electron chi connectivity index (χ2n) is 5.72. The van der Waals surface area contributed by atoms with Gasteiger partial charge in [-0.25, -0.2) is 4.98 Å². The lowest BCUT2D eigenvalue weighted by Crippen LogP contribution is -2.26. The van der Waals surface area contributed by atoms with Gasteiger partial charge in [-0.15, -0.1) is 0 Å². The van der Waals surface area contributed by atoms with Crippen molar-refractivity contribution in [2.75, 3.05) is 7.11 Å². The van der Waals surface area contributed by atoms with Crippen LogP contribution in [0.5, 0.6) is 5.75 Å². The second-order valence-corrected chi connectivity index (χ2v) is 5.72. The van der Waals surface area contributed by atoms with E-state index in [1.54, 1.807) is 13.3 Å². The summed E-state index contributed by atoms with van der Waals surface area (Å²) in [7, 11) is 1.63. The Kier molecular flexibility index (Phi) is 5.13. The molecule has 0 bridgehead atoms. The number of ether oxygens (including phenoxy) is 1. The van der Waals surface area contributed by atoms with Gasteiger partial charge in [-0.2, -0.15) is 0 Å². The van der Waals surface area contributed by atoms with Crippen molar-refractivity contribution in [1.82, 2.24) is 4.98 Å². The highest BCUT2D eigenvalue weighted by Crippen LogP contribution is 2.26. The molecule has 1 N–H and O–H groups in total. The quantitative estimate of drug-likeness (QED) is 0.744. The maximum atomic E-state index is 11.3. The first-order valence-corrected chi connectivity index (χ1v) is 8.05. The predicted molar refractivity (Wildman–Crippen MR) is 98.2 cm³/mol. The van der Waals surface area contributed by atoms with Crippen molar-refractivity contribution < 1.29 is 9.84 Å². The van der Waals surface area contributed by atoms with Gasteiger partial charge in [0.15, 0.2) is 5.60 Å². The lowest BCUT2D eigenvalue weighted by molar-refractivity contribution is 0.101. The molecule has 2 aromatic carbocycles. The maximum Gasteiger partial charge on any atom is 0.155 e. The molecule has 124 valence electrons. The van der Waals surface area contributed by atoms with Crippen LogP contribution in [0.1, 0.15) is 16.8 Å². The lowest BCUT2D eigenvalue weighted by atomic mass is 9.87. The van der Waals surface area contributed by atoms with E-state index in [0.717, 1.165) is 16.9 Å². The highest BCUT2D eigenvalue weighted by atomic mass is 16.5. The van der Waals surface area contributed by atoms with Gasteiger partial charge in [0.25, 0.3) is 0 Å². The Morgan fingerprint density at radius 3 is 2.32 bits per heavy atom. The molecule has 0 saturated carbocycles. The van der Waals surface area contributed by atoms with E-state index in [1.165, 1.54) is 0 Å². The van der Waals surface area contributed by atoms with Gasteiger partial charge in [-0.3, -0.25) is 0 Å². The van der Waals surface area contributed by atoms with Gasteiger partial charge in [0.05, 0.1) is 7.11 Å². The first-order chi connectivity index (χ1) is 12.2. The minimum atomic E-state index is -1.30. The van der Waals surface area contributed by atoms with E-state index in [0.29, 0.717) is 12.1 Å². The van der Waals surface area contributed by atoms with Crippen LogP contribution in [0.15, 0.2) is 79.0 Å². The molecule has 1 heterocycles. The van der Waals surface area contributed by atoms with Crippen LogP contribution in [-0.2, 0) is 12.0 Å². The number of aromatic nitrogens is 1. The third-order valence-electron chi connectivity index (χ3n) is 3.93. The smallest absolute Gasteiger partial charge is 0.155 e. The molecule has 0 amide bonds. The molecule has 1 aromatic heterocycles. The average molecular weight is 329 g/mol. The van der Waals surface area contributed by atoms with Crippen molar-refractivity contribution in [1.29, 1.82) is 0 Å². The highest BCUT2D eigenvalue weighted by molar-refractivity contribution is 5.39. The van der Waals surface area contributed by atoms with Gasteiger partial charge < -0.3 is 9.84 Å². The third-order valence-corrected chi connectivity index (χ3v) is 3.93. The largest absolute Gasteiger partial charge is 0.497 e. The molecule has 0 aliphatic rings. The van der Waals surface area contributed by atoms with E-state index in [9.17, 15) is 5.11 Å². The fraction of sp³-hybridized carbons (Fsp3) is 0.136.